The number of benzene rings is 1. The lowest BCUT2D eigenvalue weighted by molar-refractivity contribution is 0.172. The van der Waals surface area contributed by atoms with Crippen molar-refractivity contribution in [3.63, 3.8) is 0 Å². The van der Waals surface area contributed by atoms with E-state index in [2.05, 4.69) is 0 Å². The van der Waals surface area contributed by atoms with Crippen molar-refractivity contribution in [3.05, 3.63) is 35.9 Å². The first-order valence-electron chi connectivity index (χ1n) is 5.26. The maximum absolute atomic E-state index is 10.9. The zero-order chi connectivity index (χ0) is 11.1. The average molecular weight is 239 g/mol. The summed E-state index contributed by atoms with van der Waals surface area (Å²) in [5.41, 5.74) is 2.35. The number of hydrogen-bond acceptors (Lipinski definition) is 1. The molecule has 1 rings (SSSR count). The molecule has 0 unspecified atom stereocenters. The van der Waals surface area contributed by atoms with Gasteiger partial charge in [-0.15, -0.1) is 0 Å². The van der Waals surface area contributed by atoms with Crippen LogP contribution < -0.4 is 0 Å². The van der Waals surface area contributed by atoms with Crippen LogP contribution in [0.4, 0.5) is 4.79 Å². The van der Waals surface area contributed by atoms with Crippen LogP contribution in [-0.4, -0.2) is 42.2 Å². The van der Waals surface area contributed by atoms with E-state index in [1.54, 1.807) is 4.57 Å². The Morgan fingerprint density at radius 1 is 1.40 bits per heavy atom. The van der Waals surface area contributed by atoms with Crippen LogP contribution in [0.25, 0.3) is 0 Å². The summed E-state index contributed by atoms with van der Waals surface area (Å²) in [6.07, 6.45) is 0.0928. The zero-order valence-electron chi connectivity index (χ0n) is 9.02. The Bertz CT molecular complexity index is 306. The van der Waals surface area contributed by atoms with Gasteiger partial charge in [-0.3, -0.25) is 0 Å². The minimum absolute atomic E-state index is 0.532. The molecule has 82 valence electrons. The van der Waals surface area contributed by atoms with E-state index >= 15 is 0 Å². The van der Waals surface area contributed by atoms with Crippen LogP contribution in [0.3, 0.4) is 0 Å². The standard InChI is InChI=1S/C10H17NO2Si2/c12-10(13)11(15-8-14)7-6-9-4-2-1-3-5-9/h1-5H,6-8,15H2,14H3,(H,12,13). The molecule has 0 atom stereocenters. The zero-order valence-corrected chi connectivity index (χ0v) is 12.4. The van der Waals surface area contributed by atoms with Crippen LogP contribution in [-0.2, 0) is 6.42 Å². The molecule has 1 aromatic carbocycles. The van der Waals surface area contributed by atoms with E-state index in [1.807, 2.05) is 30.3 Å². The van der Waals surface area contributed by atoms with Gasteiger partial charge in [0.25, 0.3) is 0 Å². The number of carbonyl (C=O) groups is 1. The van der Waals surface area contributed by atoms with Gasteiger partial charge in [-0.25, -0.2) is 4.79 Å². The SMILES string of the molecule is O=C(O)N(CCc1ccccc1)[SiH2]C[SiH3]. The molecule has 1 amide bonds. The van der Waals surface area contributed by atoms with Gasteiger partial charge in [0.2, 0.25) is 0 Å². The van der Waals surface area contributed by atoms with Gasteiger partial charge in [0, 0.05) is 16.8 Å². The number of hydrogen-bond donors (Lipinski definition) is 1. The van der Waals surface area contributed by atoms with Crippen LogP contribution in [0.5, 0.6) is 0 Å². The van der Waals surface area contributed by atoms with Gasteiger partial charge in [0.15, 0.2) is 0 Å². The second-order valence-electron chi connectivity index (χ2n) is 3.51. The smallest absolute Gasteiger partial charge is 0.398 e. The maximum atomic E-state index is 10.9. The van der Waals surface area contributed by atoms with E-state index in [-0.39, 0.29) is 0 Å². The quantitative estimate of drug-likeness (QED) is 0.737. The Hall–Kier alpha value is -1.08. The van der Waals surface area contributed by atoms with Crippen molar-refractivity contribution >= 4 is 26.0 Å². The summed E-state index contributed by atoms with van der Waals surface area (Å²) < 4.78 is 1.64. The summed E-state index contributed by atoms with van der Waals surface area (Å²) >= 11 is 0. The molecule has 0 fully saturated rings. The minimum atomic E-state index is -0.742. The molecule has 0 aliphatic carbocycles. The van der Waals surface area contributed by atoms with Crippen LogP contribution in [0.1, 0.15) is 5.56 Å². The predicted molar refractivity (Wildman–Crippen MR) is 68.2 cm³/mol. The molecule has 15 heavy (non-hydrogen) atoms. The molecule has 0 aliphatic rings. The fourth-order valence-electron chi connectivity index (χ4n) is 1.48. The van der Waals surface area contributed by atoms with Gasteiger partial charge in [-0.05, 0) is 12.0 Å². The van der Waals surface area contributed by atoms with Crippen LogP contribution in [0, 0.1) is 0 Å². The van der Waals surface area contributed by atoms with Crippen LogP contribution >= 0.6 is 0 Å². The number of nitrogens with zero attached hydrogens (tertiary/aromatic N) is 1. The summed E-state index contributed by atoms with van der Waals surface area (Å²) in [5.74, 6) is 0. The summed E-state index contributed by atoms with van der Waals surface area (Å²) in [6, 6.07) is 10.0. The lowest BCUT2D eigenvalue weighted by Gasteiger charge is -2.18. The van der Waals surface area contributed by atoms with Crippen molar-refractivity contribution in [1.29, 1.82) is 0 Å². The molecule has 0 bridgehead atoms. The number of rotatable bonds is 5. The molecule has 0 heterocycles. The first-order valence-corrected chi connectivity index (χ1v) is 8.30. The van der Waals surface area contributed by atoms with Crippen LogP contribution in [0.2, 0.25) is 5.67 Å². The Morgan fingerprint density at radius 2 is 2.07 bits per heavy atom. The van der Waals surface area contributed by atoms with Gasteiger partial charge in [0.05, 0.1) is 0 Å². The van der Waals surface area contributed by atoms with Gasteiger partial charge < -0.3 is 9.67 Å². The monoisotopic (exact) mass is 239 g/mol. The van der Waals surface area contributed by atoms with Crippen molar-refractivity contribution in [2.24, 2.45) is 0 Å². The normalized spacial score (nSPS) is 10.9. The third-order valence-electron chi connectivity index (χ3n) is 2.28. The van der Waals surface area contributed by atoms with Gasteiger partial charge >= 0.3 is 6.09 Å². The van der Waals surface area contributed by atoms with E-state index in [1.165, 1.54) is 5.56 Å². The van der Waals surface area contributed by atoms with Crippen LogP contribution in [0.15, 0.2) is 30.3 Å². The Labute approximate surface area is 95.4 Å². The first kappa shape index (κ1) is 12.0. The predicted octanol–water partition coefficient (Wildman–Crippen LogP) is 0.0341. The fourth-order valence-corrected chi connectivity index (χ4v) is 4.21. The second kappa shape index (κ2) is 6.42. The van der Waals surface area contributed by atoms with Gasteiger partial charge in [0.1, 0.15) is 9.68 Å². The summed E-state index contributed by atoms with van der Waals surface area (Å²) in [7, 11) is 0.585. The number of carboxylic acid groups (broad SMARTS) is 1. The van der Waals surface area contributed by atoms with Crippen molar-refractivity contribution in [1.82, 2.24) is 4.57 Å². The molecule has 5 heteroatoms. The topological polar surface area (TPSA) is 40.5 Å². The molecule has 0 saturated heterocycles. The van der Waals surface area contributed by atoms with E-state index in [0.717, 1.165) is 22.3 Å². The Balaban J connectivity index is 2.43. The summed E-state index contributed by atoms with van der Waals surface area (Å²) in [6.45, 7) is 0.661. The first-order chi connectivity index (χ1) is 7.24. The van der Waals surface area contributed by atoms with E-state index < -0.39 is 15.8 Å². The molecular weight excluding hydrogens is 222 g/mol. The van der Waals surface area contributed by atoms with Crippen molar-refractivity contribution < 1.29 is 9.90 Å². The molecular formula is C10H17NO2Si2. The van der Waals surface area contributed by atoms with Crippen molar-refractivity contribution in [2.45, 2.75) is 12.1 Å². The number of amides is 1. The van der Waals surface area contributed by atoms with E-state index in [0.29, 0.717) is 6.54 Å². The largest absolute Gasteiger partial charge is 0.465 e. The molecule has 0 spiro atoms. The highest BCUT2D eigenvalue weighted by Gasteiger charge is 2.09. The molecule has 0 radical (unpaired) electrons. The molecule has 3 nitrogen and oxygen atoms in total. The molecule has 0 aliphatic heterocycles. The molecule has 0 aromatic heterocycles. The van der Waals surface area contributed by atoms with E-state index in [4.69, 9.17) is 5.11 Å². The maximum Gasteiger partial charge on any atom is 0.398 e. The Kier molecular flexibility index (Phi) is 5.13. The Morgan fingerprint density at radius 3 is 2.60 bits per heavy atom. The third kappa shape index (κ3) is 4.31. The second-order valence-corrected chi connectivity index (χ2v) is 8.72. The van der Waals surface area contributed by atoms with Gasteiger partial charge in [-0.1, -0.05) is 36.0 Å². The summed E-state index contributed by atoms with van der Waals surface area (Å²) in [5, 5.41) is 8.96. The lowest BCUT2D eigenvalue weighted by Crippen LogP contribution is -2.34. The third-order valence-corrected chi connectivity index (χ3v) is 5.19. The highest BCUT2D eigenvalue weighted by Crippen LogP contribution is 2.01. The lowest BCUT2D eigenvalue weighted by atomic mass is 10.1. The van der Waals surface area contributed by atoms with E-state index in [9.17, 15) is 4.79 Å². The summed E-state index contributed by atoms with van der Waals surface area (Å²) in [4.78, 5) is 10.9. The highest BCUT2D eigenvalue weighted by atomic mass is 28.3. The molecule has 1 N–H and O–H groups in total. The fraction of sp³-hybridized carbons (Fsp3) is 0.300. The highest BCUT2D eigenvalue weighted by molar-refractivity contribution is 6.47. The molecule has 1 aromatic rings. The van der Waals surface area contributed by atoms with Crippen molar-refractivity contribution in [2.75, 3.05) is 6.54 Å². The van der Waals surface area contributed by atoms with Crippen molar-refractivity contribution in [3.8, 4) is 0 Å². The van der Waals surface area contributed by atoms with Gasteiger partial charge in [-0.2, -0.15) is 0 Å². The molecule has 0 saturated carbocycles. The minimum Gasteiger partial charge on any atom is -0.465 e. The average Bonchev–Trinajstić information content (AvgIpc) is 2.25.